The molecule has 1 atom stereocenters. The van der Waals surface area contributed by atoms with Crippen molar-refractivity contribution in [1.29, 1.82) is 0 Å². The Kier molecular flexibility index (Phi) is 5.80. The summed E-state index contributed by atoms with van der Waals surface area (Å²) in [6, 6.07) is 5.84. The smallest absolute Gasteiger partial charge is 0.342 e. The first-order chi connectivity index (χ1) is 11.1. The molecule has 0 aliphatic rings. The molecule has 130 valence electrons. The van der Waals surface area contributed by atoms with E-state index < -0.39 is 19.5 Å². The zero-order valence-electron chi connectivity index (χ0n) is 15.2. The van der Waals surface area contributed by atoms with Gasteiger partial charge in [0.1, 0.15) is 6.26 Å². The van der Waals surface area contributed by atoms with Crippen molar-refractivity contribution >= 4 is 19.5 Å². The van der Waals surface area contributed by atoms with E-state index in [1.54, 1.807) is 18.6 Å². The van der Waals surface area contributed by atoms with E-state index in [-0.39, 0.29) is 5.04 Å². The van der Waals surface area contributed by atoms with Crippen LogP contribution in [-0.2, 0) is 22.2 Å². The van der Waals surface area contributed by atoms with Crippen LogP contribution in [-0.4, -0.2) is 34.1 Å². The summed E-state index contributed by atoms with van der Waals surface area (Å²) in [6.07, 6.45) is 4.88. The lowest BCUT2D eigenvalue weighted by Crippen LogP contribution is -2.40. The van der Waals surface area contributed by atoms with Gasteiger partial charge < -0.3 is 8.98 Å². The Morgan fingerprint density at radius 1 is 1.17 bits per heavy atom. The Balaban J connectivity index is 2.14. The van der Waals surface area contributed by atoms with Crippen LogP contribution in [0.15, 0.2) is 35.7 Å². The third-order valence-corrected chi connectivity index (χ3v) is 9.58. The molecule has 0 saturated carbocycles. The van der Waals surface area contributed by atoms with Crippen LogP contribution in [0.25, 0.3) is 11.3 Å². The summed E-state index contributed by atoms with van der Waals surface area (Å²) in [5.41, 5.74) is 2.48. The highest BCUT2D eigenvalue weighted by molar-refractivity contribution is 7.90. The fraction of sp³-hybridized carbons (Fsp3) is 0.471. The van der Waals surface area contributed by atoms with Gasteiger partial charge in [-0.1, -0.05) is 26.8 Å². The molecule has 0 N–H and O–H groups in total. The second-order valence-electron chi connectivity index (χ2n) is 7.27. The van der Waals surface area contributed by atoms with Crippen LogP contribution in [0.2, 0.25) is 18.1 Å². The molecular formula is C17H25N3O2SSi. The van der Waals surface area contributed by atoms with Gasteiger partial charge in [0.25, 0.3) is 0 Å². The van der Waals surface area contributed by atoms with E-state index in [0.717, 1.165) is 17.0 Å². The minimum atomic E-state index is -1.80. The van der Waals surface area contributed by atoms with Crippen molar-refractivity contribution in [2.75, 3.05) is 6.26 Å². The minimum absolute atomic E-state index is 0.171. The molecule has 24 heavy (non-hydrogen) atoms. The van der Waals surface area contributed by atoms with Gasteiger partial charge in [0.05, 0.1) is 18.0 Å². The summed E-state index contributed by atoms with van der Waals surface area (Å²) in [4.78, 5) is 12.9. The predicted molar refractivity (Wildman–Crippen MR) is 99.6 cm³/mol. The highest BCUT2D eigenvalue weighted by Gasteiger charge is 2.37. The zero-order valence-corrected chi connectivity index (χ0v) is 17.0. The molecule has 0 aliphatic heterocycles. The van der Waals surface area contributed by atoms with Crippen molar-refractivity contribution in [2.45, 2.75) is 50.7 Å². The Hall–Kier alpha value is -1.28. The first-order valence-corrected chi connectivity index (χ1v) is 12.3. The monoisotopic (exact) mass is 363 g/mol. The van der Waals surface area contributed by atoms with Crippen molar-refractivity contribution in [2.24, 2.45) is 0 Å². The first-order valence-electron chi connectivity index (χ1n) is 7.86. The molecule has 0 bridgehead atoms. The van der Waals surface area contributed by atoms with Crippen LogP contribution in [0, 0.1) is 0 Å². The lowest BCUT2D eigenvalue weighted by molar-refractivity contribution is 0.272. The van der Waals surface area contributed by atoms with Crippen molar-refractivity contribution in [3.63, 3.8) is 0 Å². The summed E-state index contributed by atoms with van der Waals surface area (Å²) in [5.74, 6) is 0. The second-order valence-corrected chi connectivity index (χ2v) is 13.4. The Morgan fingerprint density at radius 3 is 2.33 bits per heavy atom. The lowest BCUT2D eigenvalue weighted by atomic mass is 10.2. The molecule has 0 aliphatic carbocycles. The molecule has 0 saturated heterocycles. The van der Waals surface area contributed by atoms with Gasteiger partial charge >= 0.3 is 5.16 Å². The highest BCUT2D eigenvalue weighted by atomic mass is 32.2. The number of hydrogen-bond donors (Lipinski definition) is 0. The third-order valence-electron chi connectivity index (χ3n) is 4.37. The van der Waals surface area contributed by atoms with Crippen LogP contribution in [0.5, 0.6) is 0 Å². The molecule has 1 unspecified atom stereocenters. The van der Waals surface area contributed by atoms with Gasteiger partial charge in [-0.05, 0) is 30.3 Å². The molecule has 2 aromatic heterocycles. The normalized spacial score (nSPS) is 13.8. The van der Waals surface area contributed by atoms with Crippen LogP contribution in [0.1, 0.15) is 26.5 Å². The molecule has 7 heteroatoms. The number of pyridine rings is 1. The molecule has 0 spiro atoms. The van der Waals surface area contributed by atoms with E-state index in [4.69, 9.17) is 4.43 Å². The lowest BCUT2D eigenvalue weighted by Gasteiger charge is -2.36. The molecule has 2 rings (SSSR count). The van der Waals surface area contributed by atoms with Gasteiger partial charge in [-0.3, -0.25) is 4.98 Å². The zero-order chi connectivity index (χ0) is 18.0. The van der Waals surface area contributed by atoms with Crippen molar-refractivity contribution < 1.29 is 8.98 Å². The van der Waals surface area contributed by atoms with Gasteiger partial charge in [-0.2, -0.15) is 9.97 Å². The van der Waals surface area contributed by atoms with Gasteiger partial charge in [0.15, 0.2) is 8.32 Å². The van der Waals surface area contributed by atoms with E-state index in [2.05, 4.69) is 48.8 Å². The van der Waals surface area contributed by atoms with Crippen molar-refractivity contribution in [3.05, 3.63) is 36.3 Å². The van der Waals surface area contributed by atoms with E-state index in [0.29, 0.717) is 11.8 Å². The van der Waals surface area contributed by atoms with Crippen molar-refractivity contribution in [1.82, 2.24) is 15.0 Å². The summed E-state index contributed by atoms with van der Waals surface area (Å²) < 4.78 is 17.6. The maximum absolute atomic E-state index is 11.4. The standard InChI is InChI=1S/C17H25N3O2SSi/c1-17(2,3)24(5,6)22-12-14-8-7-9-15(20-14)13-10-18-16(19-11-13)23(4)21/h7-11H,12H2,1-6H3. The van der Waals surface area contributed by atoms with Gasteiger partial charge in [0.2, 0.25) is 0 Å². The molecule has 0 aromatic carbocycles. The average molecular weight is 364 g/mol. The van der Waals surface area contributed by atoms with E-state index in [1.807, 2.05) is 18.2 Å². The van der Waals surface area contributed by atoms with Crippen LogP contribution >= 0.6 is 0 Å². The minimum Gasteiger partial charge on any atom is -0.609 e. The Bertz CT molecular complexity index is 685. The molecule has 0 amide bonds. The van der Waals surface area contributed by atoms with Gasteiger partial charge in [-0.15, -0.1) is 0 Å². The van der Waals surface area contributed by atoms with E-state index >= 15 is 0 Å². The summed E-state index contributed by atoms with van der Waals surface area (Å²) >= 11 is -1.18. The Labute approximate surface area is 148 Å². The maximum atomic E-state index is 11.4. The van der Waals surface area contributed by atoms with Crippen LogP contribution in [0.3, 0.4) is 0 Å². The van der Waals surface area contributed by atoms with Gasteiger partial charge in [0, 0.05) is 29.1 Å². The first kappa shape index (κ1) is 19.0. The van der Waals surface area contributed by atoms with Crippen molar-refractivity contribution in [3.8, 4) is 11.3 Å². The quantitative estimate of drug-likeness (QED) is 0.459. The molecule has 2 aromatic rings. The van der Waals surface area contributed by atoms with Gasteiger partial charge in [-0.25, -0.2) is 0 Å². The summed E-state index contributed by atoms with van der Waals surface area (Å²) in [6.45, 7) is 11.6. The summed E-state index contributed by atoms with van der Waals surface area (Å²) in [7, 11) is -1.80. The van der Waals surface area contributed by atoms with Crippen LogP contribution in [0.4, 0.5) is 0 Å². The fourth-order valence-corrected chi connectivity index (χ4v) is 3.13. The number of aromatic nitrogens is 3. The fourth-order valence-electron chi connectivity index (χ4n) is 1.79. The third kappa shape index (κ3) is 4.63. The van der Waals surface area contributed by atoms with E-state index in [9.17, 15) is 4.55 Å². The molecule has 0 radical (unpaired) electrons. The molecule has 0 fully saturated rings. The molecular weight excluding hydrogens is 338 g/mol. The topological polar surface area (TPSA) is 71.0 Å². The van der Waals surface area contributed by atoms with E-state index in [1.165, 1.54) is 0 Å². The molecule has 2 heterocycles. The summed E-state index contributed by atoms with van der Waals surface area (Å²) in [5, 5.41) is 0.500. The molecule has 5 nitrogen and oxygen atoms in total. The largest absolute Gasteiger partial charge is 0.609 e. The number of rotatable bonds is 5. The highest BCUT2D eigenvalue weighted by Crippen LogP contribution is 2.37. The number of hydrogen-bond acceptors (Lipinski definition) is 5. The predicted octanol–water partition coefficient (Wildman–Crippen LogP) is 3.80. The van der Waals surface area contributed by atoms with Crippen LogP contribution < -0.4 is 0 Å². The second kappa shape index (κ2) is 7.31. The number of nitrogens with zero attached hydrogens (tertiary/aromatic N) is 3. The Morgan fingerprint density at radius 2 is 1.79 bits per heavy atom. The average Bonchev–Trinajstić information content (AvgIpc) is 2.52. The maximum Gasteiger partial charge on any atom is 0.342 e. The SMILES string of the molecule is C[S+]([O-])c1ncc(-c2cccc(CO[Si](C)(C)C(C)(C)C)n2)cn1.